The van der Waals surface area contributed by atoms with Crippen LogP contribution >= 0.6 is 0 Å². The summed E-state index contributed by atoms with van der Waals surface area (Å²) in [6.45, 7) is 2.72. The molecule has 140 valence electrons. The summed E-state index contributed by atoms with van der Waals surface area (Å²) in [5.74, 6) is 0.616. The van der Waals surface area contributed by atoms with Gasteiger partial charge in [-0.15, -0.1) is 0 Å². The van der Waals surface area contributed by atoms with Gasteiger partial charge < -0.3 is 14.6 Å². The van der Waals surface area contributed by atoms with Crippen molar-refractivity contribution in [2.45, 2.75) is 70.3 Å². The van der Waals surface area contributed by atoms with E-state index in [2.05, 4.69) is 6.92 Å². The Balaban J connectivity index is 1.75. The first-order valence-corrected chi connectivity index (χ1v) is 9.62. The molecule has 1 aromatic carbocycles. The third-order valence-corrected chi connectivity index (χ3v) is 5.27. The van der Waals surface area contributed by atoms with E-state index >= 15 is 0 Å². The van der Waals surface area contributed by atoms with Gasteiger partial charge in [0.05, 0.1) is 25.2 Å². The lowest BCUT2D eigenvalue weighted by molar-refractivity contribution is -0.152. The van der Waals surface area contributed by atoms with E-state index in [0.29, 0.717) is 32.3 Å². The first kappa shape index (κ1) is 19.8. The van der Waals surface area contributed by atoms with Gasteiger partial charge in [0.15, 0.2) is 0 Å². The number of carbonyl (C=O) groups is 1. The van der Waals surface area contributed by atoms with Crippen LogP contribution in [0.3, 0.4) is 0 Å². The van der Waals surface area contributed by atoms with Gasteiger partial charge in [0.2, 0.25) is 0 Å². The van der Waals surface area contributed by atoms with Crippen LogP contribution in [0.25, 0.3) is 0 Å². The Bertz CT molecular complexity index is 515. The second kappa shape index (κ2) is 9.81. The number of benzene rings is 1. The van der Waals surface area contributed by atoms with Gasteiger partial charge >= 0.3 is 5.97 Å². The number of esters is 1. The average Bonchev–Trinajstić information content (AvgIpc) is 2.65. The number of ether oxygens (including phenoxy) is 2. The van der Waals surface area contributed by atoms with Crippen LogP contribution in [-0.4, -0.2) is 24.8 Å². The number of hydrogen-bond donors (Lipinski definition) is 1. The Kier molecular flexibility index (Phi) is 7.76. The Morgan fingerprint density at radius 2 is 1.76 bits per heavy atom. The van der Waals surface area contributed by atoms with Crippen molar-refractivity contribution in [2.24, 2.45) is 5.92 Å². The quantitative estimate of drug-likeness (QED) is 0.524. The third kappa shape index (κ3) is 5.74. The highest BCUT2D eigenvalue weighted by Gasteiger charge is 2.37. The molecular formula is C21H32O4. The zero-order chi connectivity index (χ0) is 18.1. The number of hydrogen-bond acceptors (Lipinski definition) is 4. The van der Waals surface area contributed by atoms with E-state index in [1.165, 1.54) is 19.3 Å². The van der Waals surface area contributed by atoms with Crippen molar-refractivity contribution >= 4 is 5.97 Å². The number of unbranched alkanes of at least 4 members (excludes halogenated alkanes) is 4. The molecule has 0 saturated heterocycles. The molecular weight excluding hydrogens is 316 g/mol. The maximum Gasteiger partial charge on any atom is 0.308 e. The summed E-state index contributed by atoms with van der Waals surface area (Å²) in [6, 6.07) is 7.56. The van der Waals surface area contributed by atoms with Gasteiger partial charge in [-0.25, -0.2) is 0 Å². The van der Waals surface area contributed by atoms with E-state index in [-0.39, 0.29) is 11.9 Å². The molecule has 0 amide bonds. The van der Waals surface area contributed by atoms with E-state index in [9.17, 15) is 9.90 Å². The summed E-state index contributed by atoms with van der Waals surface area (Å²) in [7, 11) is 1.63. The minimum Gasteiger partial charge on any atom is -0.497 e. The van der Waals surface area contributed by atoms with Gasteiger partial charge in [-0.1, -0.05) is 44.7 Å². The molecule has 4 nitrogen and oxygen atoms in total. The topological polar surface area (TPSA) is 55.8 Å². The van der Waals surface area contributed by atoms with Crippen molar-refractivity contribution in [1.29, 1.82) is 0 Å². The first-order valence-electron chi connectivity index (χ1n) is 9.62. The van der Waals surface area contributed by atoms with E-state index in [4.69, 9.17) is 9.47 Å². The molecule has 1 N–H and O–H groups in total. The van der Waals surface area contributed by atoms with Crippen LogP contribution < -0.4 is 4.74 Å². The number of carbonyl (C=O) groups excluding carboxylic acids is 1. The van der Waals surface area contributed by atoms with Crippen molar-refractivity contribution in [3.05, 3.63) is 29.8 Å². The fourth-order valence-electron chi connectivity index (χ4n) is 3.52. The second-order valence-electron chi connectivity index (χ2n) is 7.12. The van der Waals surface area contributed by atoms with Crippen LogP contribution in [0.15, 0.2) is 24.3 Å². The summed E-state index contributed by atoms with van der Waals surface area (Å²) in [5.41, 5.74) is 0.0551. The SMILES string of the molecule is CCCCCCCOC(=O)C1CCC(O)(c2ccc(OC)cc2)CC1. The van der Waals surface area contributed by atoms with Crippen molar-refractivity contribution in [2.75, 3.05) is 13.7 Å². The molecule has 0 unspecified atom stereocenters. The van der Waals surface area contributed by atoms with Crippen molar-refractivity contribution < 1.29 is 19.4 Å². The molecule has 0 aromatic heterocycles. The Morgan fingerprint density at radius 3 is 2.36 bits per heavy atom. The van der Waals surface area contributed by atoms with Crippen LogP contribution in [0, 0.1) is 5.92 Å². The molecule has 0 atom stereocenters. The van der Waals surface area contributed by atoms with E-state index in [1.54, 1.807) is 7.11 Å². The zero-order valence-electron chi connectivity index (χ0n) is 15.6. The van der Waals surface area contributed by atoms with Crippen LogP contribution in [0.2, 0.25) is 0 Å². The predicted molar refractivity (Wildman–Crippen MR) is 98.6 cm³/mol. The maximum absolute atomic E-state index is 12.2. The highest BCUT2D eigenvalue weighted by molar-refractivity contribution is 5.72. The first-order chi connectivity index (χ1) is 12.1. The van der Waals surface area contributed by atoms with Gasteiger partial charge in [-0.2, -0.15) is 0 Å². The number of rotatable bonds is 9. The number of aliphatic hydroxyl groups is 1. The molecule has 0 heterocycles. The standard InChI is InChI=1S/C21H32O4/c1-3-4-5-6-7-16-25-20(22)17-12-14-21(23,15-13-17)18-8-10-19(24-2)11-9-18/h8-11,17,23H,3-7,12-16H2,1-2H3. The van der Waals surface area contributed by atoms with Gasteiger partial charge in [0, 0.05) is 0 Å². The summed E-state index contributed by atoms with van der Waals surface area (Å²) in [6.07, 6.45) is 8.31. The normalized spacial score (nSPS) is 23.2. The van der Waals surface area contributed by atoms with Gasteiger partial charge in [-0.05, 0) is 49.8 Å². The smallest absolute Gasteiger partial charge is 0.308 e. The summed E-state index contributed by atoms with van der Waals surface area (Å²) < 4.78 is 10.6. The van der Waals surface area contributed by atoms with Crippen molar-refractivity contribution in [3.63, 3.8) is 0 Å². The fraction of sp³-hybridized carbons (Fsp3) is 0.667. The second-order valence-corrected chi connectivity index (χ2v) is 7.12. The lowest BCUT2D eigenvalue weighted by atomic mass is 9.75. The van der Waals surface area contributed by atoms with Crippen LogP contribution in [-0.2, 0) is 15.1 Å². The molecule has 1 aromatic rings. The van der Waals surface area contributed by atoms with Crippen LogP contribution in [0.4, 0.5) is 0 Å². The average molecular weight is 348 g/mol. The minimum atomic E-state index is -0.844. The lowest BCUT2D eigenvalue weighted by Gasteiger charge is -2.35. The molecule has 25 heavy (non-hydrogen) atoms. The molecule has 0 aliphatic heterocycles. The zero-order valence-corrected chi connectivity index (χ0v) is 15.6. The van der Waals surface area contributed by atoms with Gasteiger partial charge in [0.1, 0.15) is 5.75 Å². The summed E-state index contributed by atoms with van der Waals surface area (Å²) >= 11 is 0. The molecule has 0 radical (unpaired) electrons. The lowest BCUT2D eigenvalue weighted by Crippen LogP contribution is -2.34. The van der Waals surface area contributed by atoms with Gasteiger partial charge in [-0.3, -0.25) is 4.79 Å². The summed E-state index contributed by atoms with van der Waals surface area (Å²) in [4.78, 5) is 12.2. The molecule has 4 heteroatoms. The van der Waals surface area contributed by atoms with E-state index < -0.39 is 5.60 Å². The Labute approximate surface area is 151 Å². The van der Waals surface area contributed by atoms with E-state index in [0.717, 1.165) is 24.2 Å². The fourth-order valence-corrected chi connectivity index (χ4v) is 3.52. The number of methoxy groups -OCH3 is 1. The highest BCUT2D eigenvalue weighted by atomic mass is 16.5. The molecule has 1 saturated carbocycles. The third-order valence-electron chi connectivity index (χ3n) is 5.27. The minimum absolute atomic E-state index is 0.0748. The Hall–Kier alpha value is -1.55. The van der Waals surface area contributed by atoms with Crippen LogP contribution in [0.1, 0.15) is 70.3 Å². The maximum atomic E-state index is 12.2. The summed E-state index contributed by atoms with van der Waals surface area (Å²) in [5, 5.41) is 10.9. The predicted octanol–water partition coefficient (Wildman–Crippen LogP) is 4.59. The largest absolute Gasteiger partial charge is 0.497 e. The van der Waals surface area contributed by atoms with Gasteiger partial charge in [0.25, 0.3) is 0 Å². The highest BCUT2D eigenvalue weighted by Crippen LogP contribution is 2.40. The van der Waals surface area contributed by atoms with Crippen molar-refractivity contribution in [3.8, 4) is 5.75 Å². The molecule has 0 spiro atoms. The van der Waals surface area contributed by atoms with Crippen molar-refractivity contribution in [1.82, 2.24) is 0 Å². The van der Waals surface area contributed by atoms with Crippen LogP contribution in [0.5, 0.6) is 5.75 Å². The molecule has 2 rings (SSSR count). The van der Waals surface area contributed by atoms with E-state index in [1.807, 2.05) is 24.3 Å². The Morgan fingerprint density at radius 1 is 1.12 bits per heavy atom. The molecule has 1 aliphatic carbocycles. The molecule has 0 bridgehead atoms. The molecule has 1 fully saturated rings. The monoisotopic (exact) mass is 348 g/mol. The molecule has 1 aliphatic rings.